The summed E-state index contributed by atoms with van der Waals surface area (Å²) in [6.45, 7) is 5.31. The topological polar surface area (TPSA) is 63.7 Å². The van der Waals surface area contributed by atoms with Crippen molar-refractivity contribution in [3.63, 3.8) is 0 Å². The lowest BCUT2D eigenvalue weighted by Crippen LogP contribution is -2.71. The van der Waals surface area contributed by atoms with Gasteiger partial charge in [-0.05, 0) is 38.5 Å². The van der Waals surface area contributed by atoms with Gasteiger partial charge >= 0.3 is 5.97 Å². The Morgan fingerprint density at radius 1 is 1.00 bits per heavy atom. The molecule has 1 saturated heterocycles. The van der Waals surface area contributed by atoms with Crippen molar-refractivity contribution in [1.29, 1.82) is 0 Å². The van der Waals surface area contributed by atoms with Gasteiger partial charge in [0, 0.05) is 12.0 Å². The molecule has 0 aliphatic carbocycles. The van der Waals surface area contributed by atoms with Gasteiger partial charge in [-0.25, -0.2) is 4.79 Å². The van der Waals surface area contributed by atoms with Crippen molar-refractivity contribution in [2.24, 2.45) is 0 Å². The van der Waals surface area contributed by atoms with Crippen molar-refractivity contribution in [1.82, 2.24) is 4.90 Å². The smallest absolute Gasteiger partial charge is 0.333 e. The van der Waals surface area contributed by atoms with Gasteiger partial charge < -0.3 is 4.74 Å². The lowest BCUT2D eigenvalue weighted by Gasteiger charge is -2.49. The highest BCUT2D eigenvalue weighted by molar-refractivity contribution is 6.14. The first-order chi connectivity index (χ1) is 12.7. The Morgan fingerprint density at radius 3 is 2.07 bits per heavy atom. The average Bonchev–Trinajstić information content (AvgIpc) is 2.61. The summed E-state index contributed by atoms with van der Waals surface area (Å²) in [7, 11) is 0. The van der Waals surface area contributed by atoms with E-state index in [-0.39, 0.29) is 18.7 Å². The molecule has 2 aromatic carbocycles. The van der Waals surface area contributed by atoms with E-state index in [1.54, 1.807) is 51.1 Å². The minimum absolute atomic E-state index is 0.0462. The molecule has 5 nitrogen and oxygen atoms in total. The van der Waals surface area contributed by atoms with E-state index in [4.69, 9.17) is 4.74 Å². The first-order valence-electron chi connectivity index (χ1n) is 8.93. The monoisotopic (exact) mass is 365 g/mol. The van der Waals surface area contributed by atoms with Gasteiger partial charge in [0.25, 0.3) is 5.91 Å². The second kappa shape index (κ2) is 6.99. The summed E-state index contributed by atoms with van der Waals surface area (Å²) in [5.41, 5.74) is -0.812. The number of likely N-dealkylation sites (tertiary alicyclic amines) is 1. The van der Waals surface area contributed by atoms with E-state index in [1.807, 2.05) is 30.3 Å². The van der Waals surface area contributed by atoms with Gasteiger partial charge in [-0.2, -0.15) is 0 Å². The number of β-lactam (4-membered cyclic amide) rings is 1. The highest BCUT2D eigenvalue weighted by atomic mass is 16.6. The molecule has 3 rings (SSSR count). The van der Waals surface area contributed by atoms with E-state index in [9.17, 15) is 14.4 Å². The van der Waals surface area contributed by atoms with Gasteiger partial charge in [0.05, 0.1) is 6.42 Å². The van der Waals surface area contributed by atoms with E-state index < -0.39 is 23.0 Å². The van der Waals surface area contributed by atoms with Crippen LogP contribution in [-0.4, -0.2) is 33.8 Å². The van der Waals surface area contributed by atoms with Crippen LogP contribution in [0.3, 0.4) is 0 Å². The maximum absolute atomic E-state index is 13.1. The number of imide groups is 1. The van der Waals surface area contributed by atoms with Gasteiger partial charge in [0.15, 0.2) is 5.54 Å². The predicted octanol–water partition coefficient (Wildman–Crippen LogP) is 3.38. The Labute approximate surface area is 158 Å². The fourth-order valence-corrected chi connectivity index (χ4v) is 3.26. The van der Waals surface area contributed by atoms with Crippen LogP contribution in [0.2, 0.25) is 0 Å². The zero-order chi connectivity index (χ0) is 19.7. The summed E-state index contributed by atoms with van der Waals surface area (Å²) >= 11 is 0. The number of benzene rings is 2. The minimum Gasteiger partial charge on any atom is -0.458 e. The predicted molar refractivity (Wildman–Crippen MR) is 101 cm³/mol. The van der Waals surface area contributed by atoms with Crippen molar-refractivity contribution in [2.45, 2.75) is 44.8 Å². The standard InChI is InChI=1S/C22H23NO4/c1-21(2,3)27-20(26)22(14-16-10-6-4-7-11-16)15-18(24)23(22)19(25)17-12-8-5-9-13-17/h4-13H,14-15H2,1-3H3. The number of nitrogens with zero attached hydrogens (tertiary/aromatic N) is 1. The Kier molecular flexibility index (Phi) is 4.87. The van der Waals surface area contributed by atoms with Crippen LogP contribution >= 0.6 is 0 Å². The molecule has 0 saturated carbocycles. The van der Waals surface area contributed by atoms with Crippen LogP contribution in [-0.2, 0) is 20.7 Å². The number of carbonyl (C=O) groups is 3. The largest absolute Gasteiger partial charge is 0.458 e. The van der Waals surface area contributed by atoms with Gasteiger partial charge in [0.1, 0.15) is 5.60 Å². The summed E-state index contributed by atoms with van der Waals surface area (Å²) in [4.78, 5) is 39.6. The lowest BCUT2D eigenvalue weighted by atomic mass is 9.77. The second-order valence-corrected chi connectivity index (χ2v) is 7.77. The first-order valence-corrected chi connectivity index (χ1v) is 8.93. The first kappa shape index (κ1) is 18.8. The fraction of sp³-hybridized carbons (Fsp3) is 0.318. The highest BCUT2D eigenvalue weighted by Crippen LogP contribution is 2.39. The molecule has 1 aliphatic rings. The second-order valence-electron chi connectivity index (χ2n) is 7.77. The molecule has 1 heterocycles. The molecular formula is C22H23NO4. The highest BCUT2D eigenvalue weighted by Gasteiger charge is 2.61. The molecule has 0 spiro atoms. The summed E-state index contributed by atoms with van der Waals surface area (Å²) in [6.07, 6.45) is 0.183. The summed E-state index contributed by atoms with van der Waals surface area (Å²) in [5, 5.41) is 0. The number of rotatable bonds is 4. The summed E-state index contributed by atoms with van der Waals surface area (Å²) in [6, 6.07) is 17.9. The molecule has 5 heteroatoms. The number of carbonyl (C=O) groups excluding carboxylic acids is 3. The third kappa shape index (κ3) is 3.77. The van der Waals surface area contributed by atoms with Crippen LogP contribution in [0.15, 0.2) is 60.7 Å². The molecule has 0 aromatic heterocycles. The van der Waals surface area contributed by atoms with Gasteiger partial charge in [0.2, 0.25) is 5.91 Å². The molecule has 1 atom stereocenters. The van der Waals surface area contributed by atoms with Gasteiger partial charge in [-0.15, -0.1) is 0 Å². The van der Waals surface area contributed by atoms with E-state index in [1.165, 1.54) is 0 Å². The summed E-state index contributed by atoms with van der Waals surface area (Å²) < 4.78 is 5.60. The summed E-state index contributed by atoms with van der Waals surface area (Å²) in [5.74, 6) is -1.40. The van der Waals surface area contributed by atoms with Crippen molar-refractivity contribution in [2.75, 3.05) is 0 Å². The van der Waals surface area contributed by atoms with E-state index in [0.717, 1.165) is 10.5 Å². The van der Waals surface area contributed by atoms with Crippen LogP contribution in [0.25, 0.3) is 0 Å². The molecule has 1 aliphatic heterocycles. The average molecular weight is 365 g/mol. The number of hydrogen-bond donors (Lipinski definition) is 0. The molecule has 2 aromatic rings. The van der Waals surface area contributed by atoms with Crippen LogP contribution in [0.1, 0.15) is 43.1 Å². The quantitative estimate of drug-likeness (QED) is 0.473. The lowest BCUT2D eigenvalue weighted by molar-refractivity contribution is -0.183. The van der Waals surface area contributed by atoms with Crippen LogP contribution in [0, 0.1) is 0 Å². The third-order valence-corrected chi connectivity index (χ3v) is 4.46. The zero-order valence-electron chi connectivity index (χ0n) is 15.8. The number of hydrogen-bond acceptors (Lipinski definition) is 4. The van der Waals surface area contributed by atoms with Crippen molar-refractivity contribution < 1.29 is 19.1 Å². The van der Waals surface area contributed by atoms with Gasteiger partial charge in [-0.1, -0.05) is 48.5 Å². The molecule has 0 N–H and O–H groups in total. The Hall–Kier alpha value is -2.95. The fourth-order valence-electron chi connectivity index (χ4n) is 3.26. The maximum atomic E-state index is 13.1. The molecule has 1 fully saturated rings. The molecular weight excluding hydrogens is 342 g/mol. The van der Waals surface area contributed by atoms with E-state index in [2.05, 4.69) is 0 Å². The Morgan fingerprint density at radius 2 is 1.56 bits per heavy atom. The molecule has 140 valence electrons. The van der Waals surface area contributed by atoms with Crippen molar-refractivity contribution >= 4 is 17.8 Å². The van der Waals surface area contributed by atoms with Crippen LogP contribution in [0.5, 0.6) is 0 Å². The molecule has 27 heavy (non-hydrogen) atoms. The Balaban J connectivity index is 1.99. The molecule has 1 unspecified atom stereocenters. The van der Waals surface area contributed by atoms with E-state index in [0.29, 0.717) is 5.56 Å². The maximum Gasteiger partial charge on any atom is 0.333 e. The van der Waals surface area contributed by atoms with Gasteiger partial charge in [-0.3, -0.25) is 14.5 Å². The molecule has 0 bridgehead atoms. The van der Waals surface area contributed by atoms with Crippen molar-refractivity contribution in [3.05, 3.63) is 71.8 Å². The number of amides is 2. The van der Waals surface area contributed by atoms with Crippen LogP contribution in [0.4, 0.5) is 0 Å². The SMILES string of the molecule is CC(C)(C)OC(=O)C1(Cc2ccccc2)CC(=O)N1C(=O)c1ccccc1. The number of ether oxygens (including phenoxy) is 1. The van der Waals surface area contributed by atoms with E-state index >= 15 is 0 Å². The number of esters is 1. The third-order valence-electron chi connectivity index (χ3n) is 4.46. The van der Waals surface area contributed by atoms with Crippen LogP contribution < -0.4 is 0 Å². The minimum atomic E-state index is -1.32. The molecule has 2 amide bonds. The zero-order valence-corrected chi connectivity index (χ0v) is 15.8. The Bertz CT molecular complexity index is 855. The molecule has 0 radical (unpaired) electrons. The van der Waals surface area contributed by atoms with Crippen molar-refractivity contribution in [3.8, 4) is 0 Å². The normalized spacial score (nSPS) is 19.4.